The molecular weight excluding hydrogens is 330 g/mol. The second-order valence-corrected chi connectivity index (χ2v) is 2.35. The molecular formula is C9H7IrNO. The van der Waals surface area contributed by atoms with Gasteiger partial charge in [0.05, 0.1) is 0 Å². The molecule has 0 amide bonds. The third-order valence-corrected chi connectivity index (χ3v) is 1.61. The van der Waals surface area contributed by atoms with E-state index in [1.54, 1.807) is 18.3 Å². The first-order valence-electron chi connectivity index (χ1n) is 3.40. The zero-order chi connectivity index (χ0) is 7.68. The van der Waals surface area contributed by atoms with Gasteiger partial charge < -0.3 is 5.11 Å². The topological polar surface area (TPSA) is 33.1 Å². The molecule has 1 aromatic heterocycles. The van der Waals surface area contributed by atoms with Gasteiger partial charge in [-0.2, -0.15) is 0 Å². The molecule has 0 atom stereocenters. The van der Waals surface area contributed by atoms with Crippen molar-refractivity contribution in [3.05, 3.63) is 36.5 Å². The molecule has 0 fully saturated rings. The number of phenolic OH excluding ortho intramolecular Hbond substituents is 1. The van der Waals surface area contributed by atoms with Crippen LogP contribution in [0.3, 0.4) is 0 Å². The van der Waals surface area contributed by atoms with Crippen molar-refractivity contribution in [2.24, 2.45) is 0 Å². The van der Waals surface area contributed by atoms with Crippen molar-refractivity contribution in [1.82, 2.24) is 4.98 Å². The smallest absolute Gasteiger partial charge is 0.141 e. The molecule has 0 aliphatic carbocycles. The van der Waals surface area contributed by atoms with Crippen LogP contribution in [0.15, 0.2) is 36.5 Å². The summed E-state index contributed by atoms with van der Waals surface area (Å²) in [6.45, 7) is 0. The molecule has 0 aliphatic heterocycles. The molecule has 2 rings (SSSR count). The number of pyridine rings is 1. The molecule has 0 aliphatic rings. The largest absolute Gasteiger partial charge is 0.506 e. The predicted octanol–water partition coefficient (Wildman–Crippen LogP) is 1.94. The van der Waals surface area contributed by atoms with Crippen molar-refractivity contribution in [2.75, 3.05) is 0 Å². The van der Waals surface area contributed by atoms with Gasteiger partial charge in [-0.15, -0.1) is 0 Å². The Balaban J connectivity index is 0.000000720. The van der Waals surface area contributed by atoms with Crippen molar-refractivity contribution in [3.63, 3.8) is 0 Å². The van der Waals surface area contributed by atoms with Crippen molar-refractivity contribution in [1.29, 1.82) is 0 Å². The molecule has 2 nitrogen and oxygen atoms in total. The van der Waals surface area contributed by atoms with Gasteiger partial charge >= 0.3 is 0 Å². The van der Waals surface area contributed by atoms with Gasteiger partial charge in [0.25, 0.3) is 0 Å². The second-order valence-electron chi connectivity index (χ2n) is 2.35. The van der Waals surface area contributed by atoms with Crippen LogP contribution in [0, 0.1) is 0 Å². The Labute approximate surface area is 83.6 Å². The van der Waals surface area contributed by atoms with E-state index in [2.05, 4.69) is 4.98 Å². The molecule has 1 radical (unpaired) electrons. The Morgan fingerprint density at radius 3 is 2.58 bits per heavy atom. The quantitative estimate of drug-likeness (QED) is 0.797. The van der Waals surface area contributed by atoms with Crippen LogP contribution in [-0.4, -0.2) is 10.1 Å². The monoisotopic (exact) mass is 338 g/mol. The van der Waals surface area contributed by atoms with Crippen LogP contribution in [-0.2, 0) is 20.1 Å². The molecule has 0 unspecified atom stereocenters. The molecule has 0 bridgehead atoms. The number of fused-ring (bicyclic) bond motifs is 1. The first-order valence-corrected chi connectivity index (χ1v) is 3.40. The minimum Gasteiger partial charge on any atom is -0.506 e. The standard InChI is InChI=1S/C9H7NO.Ir/c11-8-5-1-3-7-4-2-6-10-9(7)8;/h1-6,11H;. The Hall–Kier alpha value is -0.921. The van der Waals surface area contributed by atoms with E-state index in [4.69, 9.17) is 0 Å². The zero-order valence-corrected chi connectivity index (χ0v) is 8.59. The summed E-state index contributed by atoms with van der Waals surface area (Å²) in [6, 6.07) is 9.13. The molecule has 2 aromatic rings. The Morgan fingerprint density at radius 1 is 1.08 bits per heavy atom. The first-order chi connectivity index (χ1) is 5.38. The van der Waals surface area contributed by atoms with Gasteiger partial charge in [-0.25, -0.2) is 0 Å². The minimum absolute atomic E-state index is 0. The second kappa shape index (κ2) is 3.65. The number of para-hydroxylation sites is 1. The van der Waals surface area contributed by atoms with Gasteiger partial charge in [0.2, 0.25) is 0 Å². The van der Waals surface area contributed by atoms with Gasteiger partial charge in [-0.05, 0) is 12.1 Å². The van der Waals surface area contributed by atoms with Crippen LogP contribution in [0.1, 0.15) is 0 Å². The maximum Gasteiger partial charge on any atom is 0.141 e. The van der Waals surface area contributed by atoms with E-state index in [0.29, 0.717) is 5.52 Å². The fourth-order valence-electron chi connectivity index (χ4n) is 1.09. The van der Waals surface area contributed by atoms with E-state index in [-0.39, 0.29) is 25.9 Å². The van der Waals surface area contributed by atoms with Crippen molar-refractivity contribution in [3.8, 4) is 5.75 Å². The molecule has 63 valence electrons. The van der Waals surface area contributed by atoms with Crippen LogP contribution < -0.4 is 0 Å². The number of benzene rings is 1. The van der Waals surface area contributed by atoms with E-state index < -0.39 is 0 Å². The molecule has 1 heterocycles. The van der Waals surface area contributed by atoms with Crippen LogP contribution in [0.5, 0.6) is 5.75 Å². The van der Waals surface area contributed by atoms with E-state index in [1.165, 1.54) is 0 Å². The molecule has 0 saturated carbocycles. The van der Waals surface area contributed by atoms with Gasteiger partial charge in [-0.1, -0.05) is 18.2 Å². The fourth-order valence-corrected chi connectivity index (χ4v) is 1.09. The summed E-state index contributed by atoms with van der Waals surface area (Å²) in [6.07, 6.45) is 1.67. The van der Waals surface area contributed by atoms with Crippen LogP contribution in [0.4, 0.5) is 0 Å². The number of rotatable bonds is 0. The number of hydrogen-bond acceptors (Lipinski definition) is 2. The Morgan fingerprint density at radius 2 is 1.83 bits per heavy atom. The number of aromatic hydroxyl groups is 1. The molecule has 0 saturated heterocycles. The van der Waals surface area contributed by atoms with Crippen LogP contribution >= 0.6 is 0 Å². The SMILES string of the molecule is Oc1cccc2cccnc12.[Ir]. The number of hydrogen-bond donors (Lipinski definition) is 1. The summed E-state index contributed by atoms with van der Waals surface area (Å²) in [5.41, 5.74) is 0.662. The van der Waals surface area contributed by atoms with E-state index in [0.717, 1.165) is 5.39 Å². The molecule has 0 spiro atoms. The van der Waals surface area contributed by atoms with Crippen molar-refractivity contribution in [2.45, 2.75) is 0 Å². The van der Waals surface area contributed by atoms with Gasteiger partial charge in [0, 0.05) is 31.7 Å². The van der Waals surface area contributed by atoms with E-state index >= 15 is 0 Å². The third kappa shape index (κ3) is 1.47. The number of aromatic nitrogens is 1. The first kappa shape index (κ1) is 9.17. The summed E-state index contributed by atoms with van der Waals surface area (Å²) >= 11 is 0. The van der Waals surface area contributed by atoms with Crippen molar-refractivity contribution < 1.29 is 25.2 Å². The van der Waals surface area contributed by atoms with Gasteiger partial charge in [0.15, 0.2) is 0 Å². The molecule has 1 aromatic carbocycles. The summed E-state index contributed by atoms with van der Waals surface area (Å²) in [5, 5.41) is 10.3. The number of nitrogens with zero attached hydrogens (tertiary/aromatic N) is 1. The average Bonchev–Trinajstić information content (AvgIpc) is 2.06. The maximum atomic E-state index is 9.31. The van der Waals surface area contributed by atoms with E-state index in [9.17, 15) is 5.11 Å². The van der Waals surface area contributed by atoms with Crippen LogP contribution in [0.25, 0.3) is 10.9 Å². The van der Waals surface area contributed by atoms with Gasteiger partial charge in [-0.3, -0.25) is 4.98 Å². The summed E-state index contributed by atoms with van der Waals surface area (Å²) < 4.78 is 0. The van der Waals surface area contributed by atoms with Crippen molar-refractivity contribution >= 4 is 10.9 Å². The van der Waals surface area contributed by atoms with Gasteiger partial charge in [0.1, 0.15) is 11.3 Å². The van der Waals surface area contributed by atoms with E-state index in [1.807, 2.05) is 18.2 Å². The fraction of sp³-hybridized carbons (Fsp3) is 0. The van der Waals surface area contributed by atoms with Crippen LogP contribution in [0.2, 0.25) is 0 Å². The third-order valence-electron chi connectivity index (χ3n) is 1.61. The Bertz CT molecular complexity index is 384. The predicted molar refractivity (Wildman–Crippen MR) is 43.4 cm³/mol. The average molecular weight is 337 g/mol. The molecule has 3 heteroatoms. The normalized spacial score (nSPS) is 9.33. The molecule has 1 N–H and O–H groups in total. The summed E-state index contributed by atoms with van der Waals surface area (Å²) in [4.78, 5) is 4.03. The Kier molecular flexibility index (Phi) is 2.79. The summed E-state index contributed by atoms with van der Waals surface area (Å²) in [7, 11) is 0. The minimum atomic E-state index is 0. The summed E-state index contributed by atoms with van der Waals surface area (Å²) in [5.74, 6) is 0.239. The number of phenols is 1. The maximum absolute atomic E-state index is 9.31. The zero-order valence-electron chi connectivity index (χ0n) is 6.19. The molecule has 12 heavy (non-hydrogen) atoms.